The van der Waals surface area contributed by atoms with E-state index in [-0.39, 0.29) is 6.61 Å². The molecule has 0 atom stereocenters. The lowest BCUT2D eigenvalue weighted by Gasteiger charge is -1.85. The highest BCUT2D eigenvalue weighted by Gasteiger charge is 2.04. The quantitative estimate of drug-likeness (QED) is 0.769. The molecule has 4 heteroatoms. The molecule has 0 saturated heterocycles. The van der Waals surface area contributed by atoms with E-state index in [4.69, 9.17) is 9.52 Å². The predicted molar refractivity (Wildman–Crippen MR) is 45.7 cm³/mol. The highest BCUT2D eigenvalue weighted by Crippen LogP contribution is 2.25. The summed E-state index contributed by atoms with van der Waals surface area (Å²) in [7, 11) is 0. The third-order valence-corrected chi connectivity index (χ3v) is 2.45. The van der Waals surface area contributed by atoms with Crippen LogP contribution in [-0.2, 0) is 6.61 Å². The number of aliphatic hydroxyl groups excluding tert-OH is 1. The molecule has 3 nitrogen and oxygen atoms in total. The summed E-state index contributed by atoms with van der Waals surface area (Å²) in [5.74, 6) is 0.798. The van der Waals surface area contributed by atoms with Crippen LogP contribution in [0.25, 0.3) is 10.6 Å². The second-order valence-corrected chi connectivity index (χ2v) is 3.37. The summed E-state index contributed by atoms with van der Waals surface area (Å²) >= 11 is 1.44. The van der Waals surface area contributed by atoms with Crippen molar-refractivity contribution < 1.29 is 9.52 Å². The van der Waals surface area contributed by atoms with Crippen LogP contribution in [0.4, 0.5) is 0 Å². The van der Waals surface area contributed by atoms with Crippen molar-refractivity contribution in [2.75, 3.05) is 0 Å². The molecule has 0 fully saturated rings. The van der Waals surface area contributed by atoms with Gasteiger partial charge in [0, 0.05) is 6.20 Å². The summed E-state index contributed by atoms with van der Waals surface area (Å²) in [6.07, 6.45) is 3.32. The average Bonchev–Trinajstić information content (AvgIpc) is 2.75. The Balaban J connectivity index is 2.35. The van der Waals surface area contributed by atoms with Crippen molar-refractivity contribution >= 4 is 11.3 Å². The third kappa shape index (κ3) is 1.26. The minimum absolute atomic E-state index is 0.00856. The van der Waals surface area contributed by atoms with Gasteiger partial charge in [0.1, 0.15) is 10.8 Å². The maximum atomic E-state index is 8.77. The lowest BCUT2D eigenvalue weighted by Crippen LogP contribution is -1.75. The minimum Gasteiger partial charge on any atom is -0.463 e. The van der Waals surface area contributed by atoms with Crippen LogP contribution in [-0.4, -0.2) is 10.1 Å². The first-order chi connectivity index (χ1) is 5.90. The van der Waals surface area contributed by atoms with Gasteiger partial charge in [-0.1, -0.05) is 0 Å². The molecule has 0 aliphatic carbocycles. The first-order valence-corrected chi connectivity index (χ1v) is 4.31. The van der Waals surface area contributed by atoms with Crippen LogP contribution in [0.2, 0.25) is 0 Å². The highest BCUT2D eigenvalue weighted by atomic mass is 32.1. The molecular weight excluding hydrogens is 174 g/mol. The van der Waals surface area contributed by atoms with Gasteiger partial charge < -0.3 is 9.52 Å². The highest BCUT2D eigenvalue weighted by molar-refractivity contribution is 7.15. The number of aromatic nitrogens is 1. The molecule has 0 radical (unpaired) electrons. The standard InChI is InChI=1S/C8H7NO2S/c10-5-8-9-4-7(12-8)6-2-1-3-11-6/h1-4,10H,5H2. The van der Waals surface area contributed by atoms with E-state index in [1.807, 2.05) is 12.1 Å². The van der Waals surface area contributed by atoms with E-state index in [1.165, 1.54) is 11.3 Å². The number of hydrogen-bond donors (Lipinski definition) is 1. The first-order valence-electron chi connectivity index (χ1n) is 3.49. The Kier molecular flexibility index (Phi) is 1.93. The third-order valence-electron chi connectivity index (χ3n) is 1.45. The molecule has 2 rings (SSSR count). The fourth-order valence-electron chi connectivity index (χ4n) is 0.916. The second-order valence-electron chi connectivity index (χ2n) is 2.25. The van der Waals surface area contributed by atoms with Gasteiger partial charge in [-0.3, -0.25) is 0 Å². The van der Waals surface area contributed by atoms with Gasteiger partial charge in [0.05, 0.1) is 17.7 Å². The zero-order chi connectivity index (χ0) is 8.39. The van der Waals surface area contributed by atoms with Crippen molar-refractivity contribution in [2.45, 2.75) is 6.61 Å². The molecule has 2 aromatic rings. The van der Waals surface area contributed by atoms with E-state index in [0.29, 0.717) is 5.01 Å². The zero-order valence-electron chi connectivity index (χ0n) is 6.23. The van der Waals surface area contributed by atoms with E-state index < -0.39 is 0 Å². The molecule has 0 saturated carbocycles. The van der Waals surface area contributed by atoms with E-state index >= 15 is 0 Å². The fraction of sp³-hybridized carbons (Fsp3) is 0.125. The number of furan rings is 1. The second kappa shape index (κ2) is 3.08. The van der Waals surface area contributed by atoms with Crippen LogP contribution in [0.15, 0.2) is 29.0 Å². The average molecular weight is 181 g/mol. The van der Waals surface area contributed by atoms with Gasteiger partial charge in [-0.05, 0) is 12.1 Å². The number of hydrogen-bond acceptors (Lipinski definition) is 4. The van der Waals surface area contributed by atoms with Gasteiger partial charge in [0.2, 0.25) is 0 Å². The van der Waals surface area contributed by atoms with Crippen LogP contribution in [0.5, 0.6) is 0 Å². The summed E-state index contributed by atoms with van der Waals surface area (Å²) in [5.41, 5.74) is 0. The molecule has 62 valence electrons. The molecule has 0 spiro atoms. The smallest absolute Gasteiger partial charge is 0.145 e. The molecule has 0 aliphatic rings. The Morgan fingerprint density at radius 3 is 3.08 bits per heavy atom. The summed E-state index contributed by atoms with van der Waals surface area (Å²) in [6, 6.07) is 3.70. The molecule has 0 unspecified atom stereocenters. The largest absolute Gasteiger partial charge is 0.463 e. The summed E-state index contributed by atoms with van der Waals surface area (Å²) in [5, 5.41) is 9.48. The van der Waals surface area contributed by atoms with Crippen LogP contribution in [0, 0.1) is 0 Å². The van der Waals surface area contributed by atoms with Gasteiger partial charge in [0.25, 0.3) is 0 Å². The van der Waals surface area contributed by atoms with Crippen LogP contribution < -0.4 is 0 Å². The van der Waals surface area contributed by atoms with Crippen LogP contribution in [0.1, 0.15) is 5.01 Å². The van der Waals surface area contributed by atoms with Crippen molar-refractivity contribution in [1.29, 1.82) is 0 Å². The Hall–Kier alpha value is -1.13. The number of thiazole rings is 1. The van der Waals surface area contributed by atoms with Gasteiger partial charge in [-0.25, -0.2) is 4.98 Å². The van der Waals surface area contributed by atoms with E-state index in [9.17, 15) is 0 Å². The maximum Gasteiger partial charge on any atom is 0.145 e. The van der Waals surface area contributed by atoms with Crippen molar-refractivity contribution in [2.24, 2.45) is 0 Å². The van der Waals surface area contributed by atoms with E-state index in [2.05, 4.69) is 4.98 Å². The summed E-state index contributed by atoms with van der Waals surface area (Å²) in [4.78, 5) is 4.95. The minimum atomic E-state index is -0.00856. The lowest BCUT2D eigenvalue weighted by atomic mass is 10.4. The Labute approximate surface area is 73.3 Å². The summed E-state index contributed by atoms with van der Waals surface area (Å²) in [6.45, 7) is -0.00856. The summed E-state index contributed by atoms with van der Waals surface area (Å²) < 4.78 is 5.17. The molecule has 2 aromatic heterocycles. The molecule has 0 aromatic carbocycles. The molecule has 0 bridgehead atoms. The van der Waals surface area contributed by atoms with E-state index in [0.717, 1.165) is 10.6 Å². The maximum absolute atomic E-state index is 8.77. The monoisotopic (exact) mass is 181 g/mol. The van der Waals surface area contributed by atoms with E-state index in [1.54, 1.807) is 12.5 Å². The Bertz CT molecular complexity index is 353. The normalized spacial score (nSPS) is 10.4. The zero-order valence-corrected chi connectivity index (χ0v) is 7.04. The molecule has 0 aliphatic heterocycles. The number of aliphatic hydroxyl groups is 1. The molecule has 0 amide bonds. The number of nitrogens with zero attached hydrogens (tertiary/aromatic N) is 1. The van der Waals surface area contributed by atoms with Gasteiger partial charge >= 0.3 is 0 Å². The Morgan fingerprint density at radius 2 is 2.50 bits per heavy atom. The molecule has 1 N–H and O–H groups in total. The molecular formula is C8H7NO2S. The first kappa shape index (κ1) is 7.52. The van der Waals surface area contributed by atoms with Crippen molar-refractivity contribution in [3.05, 3.63) is 29.6 Å². The lowest BCUT2D eigenvalue weighted by molar-refractivity contribution is 0.281. The molecule has 12 heavy (non-hydrogen) atoms. The van der Waals surface area contributed by atoms with Crippen molar-refractivity contribution in [3.8, 4) is 10.6 Å². The van der Waals surface area contributed by atoms with Gasteiger partial charge in [0.15, 0.2) is 0 Å². The molecule has 2 heterocycles. The fourth-order valence-corrected chi connectivity index (χ4v) is 1.66. The Morgan fingerprint density at radius 1 is 1.58 bits per heavy atom. The van der Waals surface area contributed by atoms with Crippen molar-refractivity contribution in [3.63, 3.8) is 0 Å². The van der Waals surface area contributed by atoms with Crippen LogP contribution >= 0.6 is 11.3 Å². The van der Waals surface area contributed by atoms with Crippen LogP contribution in [0.3, 0.4) is 0 Å². The van der Waals surface area contributed by atoms with Gasteiger partial charge in [-0.15, -0.1) is 11.3 Å². The SMILES string of the molecule is OCc1ncc(-c2ccco2)s1. The number of rotatable bonds is 2. The predicted octanol–water partition coefficient (Wildman–Crippen LogP) is 1.90. The van der Waals surface area contributed by atoms with Gasteiger partial charge in [-0.2, -0.15) is 0 Å². The topological polar surface area (TPSA) is 46.3 Å². The van der Waals surface area contributed by atoms with Crippen molar-refractivity contribution in [1.82, 2.24) is 4.98 Å².